The molecule has 2 heterocycles. The van der Waals surface area contributed by atoms with Crippen molar-refractivity contribution < 1.29 is 14.3 Å². The zero-order valence-electron chi connectivity index (χ0n) is 18.5. The summed E-state index contributed by atoms with van der Waals surface area (Å²) in [6.45, 7) is 4.71. The minimum absolute atomic E-state index is 0.119. The first-order valence-electron chi connectivity index (χ1n) is 10.9. The molecule has 1 aromatic heterocycles. The standard InChI is InChI=1S/C25H27N5O3/c1-3-21(31)29-15-7-8-18(16-29)30-24(26)22(25(32)27-2)23(28-30)17-11-13-20(14-12-17)33-19-9-5-4-6-10-19/h3-6,9-14,18H,1,7-8,15-16,26H2,2H3,(H,27,32). The summed E-state index contributed by atoms with van der Waals surface area (Å²) in [4.78, 5) is 26.5. The lowest BCUT2D eigenvalue weighted by Gasteiger charge is -2.32. The van der Waals surface area contributed by atoms with E-state index in [2.05, 4.69) is 11.9 Å². The minimum atomic E-state index is -0.312. The fourth-order valence-electron chi connectivity index (χ4n) is 4.07. The second kappa shape index (κ2) is 9.60. The Balaban J connectivity index is 1.66. The van der Waals surface area contributed by atoms with E-state index < -0.39 is 0 Å². The molecule has 170 valence electrons. The summed E-state index contributed by atoms with van der Waals surface area (Å²) in [5.74, 6) is 1.26. The third-order valence-electron chi connectivity index (χ3n) is 5.74. The highest BCUT2D eigenvalue weighted by Gasteiger charge is 2.30. The summed E-state index contributed by atoms with van der Waals surface area (Å²) >= 11 is 0. The molecule has 3 N–H and O–H groups in total. The molecule has 1 saturated heterocycles. The highest BCUT2D eigenvalue weighted by molar-refractivity contribution is 6.04. The van der Waals surface area contributed by atoms with Gasteiger partial charge in [-0.15, -0.1) is 0 Å². The predicted octanol–water partition coefficient (Wildman–Crippen LogP) is 3.63. The van der Waals surface area contributed by atoms with Gasteiger partial charge in [0.05, 0.1) is 6.04 Å². The fraction of sp³-hybridized carbons (Fsp3) is 0.240. The number of hydrogen-bond donors (Lipinski definition) is 2. The molecule has 0 spiro atoms. The van der Waals surface area contributed by atoms with Crippen LogP contribution < -0.4 is 15.8 Å². The number of ether oxygens (including phenoxy) is 1. The number of para-hydroxylation sites is 1. The molecule has 0 aliphatic carbocycles. The number of carbonyl (C=O) groups excluding carboxylic acids is 2. The van der Waals surface area contributed by atoms with Crippen LogP contribution in [0.1, 0.15) is 29.2 Å². The van der Waals surface area contributed by atoms with Gasteiger partial charge < -0.3 is 20.7 Å². The van der Waals surface area contributed by atoms with Crippen molar-refractivity contribution in [2.24, 2.45) is 0 Å². The SMILES string of the molecule is C=CC(=O)N1CCCC(n2nc(-c3ccc(Oc4ccccc4)cc3)c(C(=O)NC)c2N)C1. The van der Waals surface area contributed by atoms with E-state index in [0.29, 0.717) is 30.1 Å². The van der Waals surface area contributed by atoms with Crippen LogP contribution in [0.15, 0.2) is 67.3 Å². The number of rotatable bonds is 6. The summed E-state index contributed by atoms with van der Waals surface area (Å²) in [5, 5.41) is 7.39. The van der Waals surface area contributed by atoms with Crippen molar-refractivity contribution in [3.8, 4) is 22.8 Å². The molecule has 1 atom stereocenters. The Hall–Kier alpha value is -4.07. The monoisotopic (exact) mass is 445 g/mol. The summed E-state index contributed by atoms with van der Waals surface area (Å²) in [7, 11) is 1.56. The van der Waals surface area contributed by atoms with E-state index in [1.807, 2.05) is 54.6 Å². The molecule has 8 heteroatoms. The molecule has 8 nitrogen and oxygen atoms in total. The van der Waals surface area contributed by atoms with Crippen LogP contribution in [0.3, 0.4) is 0 Å². The number of piperidine rings is 1. The van der Waals surface area contributed by atoms with Gasteiger partial charge in [0.15, 0.2) is 0 Å². The van der Waals surface area contributed by atoms with Gasteiger partial charge in [0.2, 0.25) is 5.91 Å². The second-order valence-corrected chi connectivity index (χ2v) is 7.86. The molecule has 2 amide bonds. The van der Waals surface area contributed by atoms with Gasteiger partial charge in [-0.25, -0.2) is 4.68 Å². The van der Waals surface area contributed by atoms with Crippen LogP contribution in [0.4, 0.5) is 5.82 Å². The molecule has 0 saturated carbocycles. The average Bonchev–Trinajstić information content (AvgIpc) is 3.21. The molecule has 1 unspecified atom stereocenters. The number of carbonyl (C=O) groups is 2. The van der Waals surface area contributed by atoms with Crippen molar-refractivity contribution in [3.05, 3.63) is 72.8 Å². The van der Waals surface area contributed by atoms with Gasteiger partial charge in [-0.05, 0) is 55.3 Å². The maximum atomic E-state index is 12.7. The number of nitrogen functional groups attached to an aromatic ring is 1. The first kappa shape index (κ1) is 22.1. The Labute approximate surface area is 192 Å². The van der Waals surface area contributed by atoms with Crippen LogP contribution in [0, 0.1) is 0 Å². The number of benzene rings is 2. The lowest BCUT2D eigenvalue weighted by atomic mass is 10.1. The van der Waals surface area contributed by atoms with Crippen molar-refractivity contribution in [1.82, 2.24) is 20.0 Å². The molecular weight excluding hydrogens is 418 g/mol. The van der Waals surface area contributed by atoms with Crippen molar-refractivity contribution >= 4 is 17.6 Å². The molecule has 33 heavy (non-hydrogen) atoms. The smallest absolute Gasteiger partial charge is 0.257 e. The normalized spacial score (nSPS) is 15.7. The number of nitrogens with one attached hydrogen (secondary N) is 1. The summed E-state index contributed by atoms with van der Waals surface area (Å²) < 4.78 is 7.54. The first-order chi connectivity index (χ1) is 16.0. The number of nitrogens with two attached hydrogens (primary N) is 1. The van der Waals surface area contributed by atoms with Gasteiger partial charge in [0.1, 0.15) is 28.6 Å². The minimum Gasteiger partial charge on any atom is -0.457 e. The maximum Gasteiger partial charge on any atom is 0.257 e. The van der Waals surface area contributed by atoms with E-state index in [1.165, 1.54) is 6.08 Å². The summed E-state index contributed by atoms with van der Waals surface area (Å²) in [5.41, 5.74) is 7.98. The molecule has 4 rings (SSSR count). The van der Waals surface area contributed by atoms with Crippen LogP contribution in [0.5, 0.6) is 11.5 Å². The third-order valence-corrected chi connectivity index (χ3v) is 5.74. The van der Waals surface area contributed by atoms with Crippen molar-refractivity contribution in [2.45, 2.75) is 18.9 Å². The predicted molar refractivity (Wildman–Crippen MR) is 127 cm³/mol. The number of hydrogen-bond acceptors (Lipinski definition) is 5. The van der Waals surface area contributed by atoms with E-state index in [4.69, 9.17) is 15.6 Å². The molecule has 0 bridgehead atoms. The average molecular weight is 446 g/mol. The Morgan fingerprint density at radius 1 is 1.15 bits per heavy atom. The molecule has 0 radical (unpaired) electrons. The van der Waals surface area contributed by atoms with Gasteiger partial charge in [-0.2, -0.15) is 5.10 Å². The van der Waals surface area contributed by atoms with Crippen LogP contribution >= 0.6 is 0 Å². The zero-order chi connectivity index (χ0) is 23.4. The Morgan fingerprint density at radius 2 is 1.85 bits per heavy atom. The van der Waals surface area contributed by atoms with Crippen LogP contribution in [-0.2, 0) is 4.79 Å². The number of anilines is 1. The van der Waals surface area contributed by atoms with Crippen molar-refractivity contribution in [3.63, 3.8) is 0 Å². The van der Waals surface area contributed by atoms with Gasteiger partial charge in [-0.1, -0.05) is 24.8 Å². The lowest BCUT2D eigenvalue weighted by molar-refractivity contribution is -0.127. The summed E-state index contributed by atoms with van der Waals surface area (Å²) in [6.07, 6.45) is 2.94. The van der Waals surface area contributed by atoms with E-state index in [1.54, 1.807) is 16.6 Å². The Bertz CT molecular complexity index is 1150. The van der Waals surface area contributed by atoms with Crippen LogP contribution in [0.2, 0.25) is 0 Å². The van der Waals surface area contributed by atoms with E-state index in [-0.39, 0.29) is 23.7 Å². The topological polar surface area (TPSA) is 102 Å². The molecule has 1 aliphatic heterocycles. The molecule has 3 aromatic rings. The highest BCUT2D eigenvalue weighted by Crippen LogP contribution is 2.33. The zero-order valence-corrected chi connectivity index (χ0v) is 18.5. The molecular formula is C25H27N5O3. The number of likely N-dealkylation sites (tertiary alicyclic amines) is 1. The fourth-order valence-corrected chi connectivity index (χ4v) is 4.07. The number of aromatic nitrogens is 2. The summed E-state index contributed by atoms with van der Waals surface area (Å²) in [6, 6.07) is 16.7. The highest BCUT2D eigenvalue weighted by atomic mass is 16.5. The Kier molecular flexibility index (Phi) is 6.44. The first-order valence-corrected chi connectivity index (χ1v) is 10.9. The van der Waals surface area contributed by atoms with Gasteiger partial charge in [-0.3, -0.25) is 9.59 Å². The largest absolute Gasteiger partial charge is 0.457 e. The van der Waals surface area contributed by atoms with Gasteiger partial charge in [0.25, 0.3) is 5.91 Å². The van der Waals surface area contributed by atoms with Gasteiger partial charge >= 0.3 is 0 Å². The molecule has 1 aliphatic rings. The van der Waals surface area contributed by atoms with E-state index in [9.17, 15) is 9.59 Å². The second-order valence-electron chi connectivity index (χ2n) is 7.86. The van der Waals surface area contributed by atoms with Crippen LogP contribution in [0.25, 0.3) is 11.3 Å². The number of amides is 2. The van der Waals surface area contributed by atoms with E-state index >= 15 is 0 Å². The van der Waals surface area contributed by atoms with Crippen molar-refractivity contribution in [1.29, 1.82) is 0 Å². The van der Waals surface area contributed by atoms with Gasteiger partial charge in [0, 0.05) is 25.7 Å². The van der Waals surface area contributed by atoms with Crippen molar-refractivity contribution in [2.75, 3.05) is 25.9 Å². The quantitative estimate of drug-likeness (QED) is 0.564. The Morgan fingerprint density at radius 3 is 2.52 bits per heavy atom. The third kappa shape index (κ3) is 4.59. The van der Waals surface area contributed by atoms with Crippen LogP contribution in [-0.4, -0.2) is 46.6 Å². The molecule has 2 aromatic carbocycles. The number of nitrogens with zero attached hydrogens (tertiary/aromatic N) is 3. The molecule has 1 fully saturated rings. The van der Waals surface area contributed by atoms with E-state index in [0.717, 1.165) is 24.2 Å². The maximum absolute atomic E-state index is 12.7. The lowest BCUT2D eigenvalue weighted by Crippen LogP contribution is -2.40.